The Hall–Kier alpha value is -2.31. The zero-order valence-corrected chi connectivity index (χ0v) is 18.0. The van der Waals surface area contributed by atoms with Gasteiger partial charge in [0.1, 0.15) is 10.6 Å². The van der Waals surface area contributed by atoms with Gasteiger partial charge in [-0.25, -0.2) is 8.42 Å². The molecule has 0 bridgehead atoms. The SMILES string of the molecule is COc1ccc2ncc(S(=O)(=O)c3ccc(Cl)cc3)c(N3CCC[C@H](C)C3)c2c1. The molecule has 1 aromatic heterocycles. The van der Waals surface area contributed by atoms with E-state index < -0.39 is 9.84 Å². The summed E-state index contributed by atoms with van der Waals surface area (Å²) in [5.74, 6) is 1.16. The lowest BCUT2D eigenvalue weighted by Crippen LogP contribution is -2.35. The number of ether oxygens (including phenoxy) is 1. The van der Waals surface area contributed by atoms with Gasteiger partial charge in [-0.2, -0.15) is 0 Å². The molecule has 7 heteroatoms. The summed E-state index contributed by atoms with van der Waals surface area (Å²) in [4.78, 5) is 7.06. The van der Waals surface area contributed by atoms with Gasteiger partial charge >= 0.3 is 0 Å². The quantitative estimate of drug-likeness (QED) is 0.585. The highest BCUT2D eigenvalue weighted by atomic mass is 35.5. The Morgan fingerprint density at radius 3 is 2.62 bits per heavy atom. The van der Waals surface area contributed by atoms with Gasteiger partial charge in [0, 0.05) is 29.7 Å². The number of methoxy groups -OCH3 is 1. The number of nitrogens with zero attached hydrogens (tertiary/aromatic N) is 2. The third kappa shape index (κ3) is 3.79. The Kier molecular flexibility index (Phi) is 5.40. The fourth-order valence-electron chi connectivity index (χ4n) is 3.92. The Labute approximate surface area is 176 Å². The Morgan fingerprint density at radius 2 is 1.93 bits per heavy atom. The molecule has 152 valence electrons. The van der Waals surface area contributed by atoms with Gasteiger partial charge in [0.2, 0.25) is 9.84 Å². The van der Waals surface area contributed by atoms with E-state index in [1.165, 1.54) is 18.3 Å². The van der Waals surface area contributed by atoms with Crippen LogP contribution in [0.15, 0.2) is 58.5 Å². The van der Waals surface area contributed by atoms with Crippen molar-refractivity contribution in [1.29, 1.82) is 0 Å². The second kappa shape index (κ2) is 7.84. The largest absolute Gasteiger partial charge is 0.497 e. The smallest absolute Gasteiger partial charge is 0.210 e. The van der Waals surface area contributed by atoms with Crippen molar-refractivity contribution in [3.8, 4) is 5.75 Å². The van der Waals surface area contributed by atoms with Crippen LogP contribution in [0.5, 0.6) is 5.75 Å². The predicted octanol–water partition coefficient (Wildman–Crippen LogP) is 4.97. The Morgan fingerprint density at radius 1 is 1.17 bits per heavy atom. The van der Waals surface area contributed by atoms with Crippen molar-refractivity contribution in [2.24, 2.45) is 5.92 Å². The highest BCUT2D eigenvalue weighted by Crippen LogP contribution is 2.39. The van der Waals surface area contributed by atoms with Crippen molar-refractivity contribution in [3.63, 3.8) is 0 Å². The summed E-state index contributed by atoms with van der Waals surface area (Å²) in [5, 5.41) is 1.28. The number of aromatic nitrogens is 1. The zero-order chi connectivity index (χ0) is 20.6. The Bertz CT molecular complexity index is 1150. The summed E-state index contributed by atoms with van der Waals surface area (Å²) in [6, 6.07) is 11.8. The van der Waals surface area contributed by atoms with Crippen LogP contribution >= 0.6 is 11.6 Å². The minimum absolute atomic E-state index is 0.206. The van der Waals surface area contributed by atoms with Gasteiger partial charge < -0.3 is 9.64 Å². The van der Waals surface area contributed by atoms with Gasteiger partial charge in [0.05, 0.1) is 23.2 Å². The number of fused-ring (bicyclic) bond motifs is 1. The molecule has 0 spiro atoms. The topological polar surface area (TPSA) is 59.5 Å². The van der Waals surface area contributed by atoms with Crippen molar-refractivity contribution >= 4 is 38.0 Å². The molecule has 0 aliphatic carbocycles. The maximum Gasteiger partial charge on any atom is 0.210 e. The number of sulfone groups is 1. The average molecular weight is 431 g/mol. The van der Waals surface area contributed by atoms with E-state index in [9.17, 15) is 8.42 Å². The summed E-state index contributed by atoms with van der Waals surface area (Å²) in [6.07, 6.45) is 3.64. The molecule has 1 aliphatic rings. The van der Waals surface area contributed by atoms with Gasteiger partial charge in [-0.3, -0.25) is 4.98 Å². The summed E-state index contributed by atoms with van der Waals surface area (Å²) in [5.41, 5.74) is 1.45. The molecule has 1 aliphatic heterocycles. The number of hydrogen-bond donors (Lipinski definition) is 0. The summed E-state index contributed by atoms with van der Waals surface area (Å²) >= 11 is 5.96. The van der Waals surface area contributed by atoms with Gasteiger partial charge in [-0.05, 0) is 61.2 Å². The first-order chi connectivity index (χ1) is 13.9. The van der Waals surface area contributed by atoms with Crippen LogP contribution in [0.4, 0.5) is 5.69 Å². The van der Waals surface area contributed by atoms with Crippen molar-refractivity contribution in [2.45, 2.75) is 29.6 Å². The molecule has 0 radical (unpaired) electrons. The van der Waals surface area contributed by atoms with Crippen molar-refractivity contribution in [2.75, 3.05) is 25.1 Å². The van der Waals surface area contributed by atoms with Gasteiger partial charge in [-0.15, -0.1) is 0 Å². The van der Waals surface area contributed by atoms with Crippen LogP contribution in [-0.2, 0) is 9.84 Å². The molecule has 29 heavy (non-hydrogen) atoms. The number of anilines is 1. The molecule has 4 rings (SSSR count). The molecule has 1 atom stereocenters. The van der Waals surface area contributed by atoms with Crippen molar-refractivity contribution < 1.29 is 13.2 Å². The number of rotatable bonds is 4. The molecule has 1 saturated heterocycles. The number of piperidine rings is 1. The summed E-state index contributed by atoms with van der Waals surface area (Å²) in [6.45, 7) is 3.81. The first-order valence-electron chi connectivity index (χ1n) is 9.62. The first-order valence-corrected chi connectivity index (χ1v) is 11.5. The fraction of sp³-hybridized carbons (Fsp3) is 0.318. The first kappa shape index (κ1) is 20.0. The van der Waals surface area contributed by atoms with Gasteiger partial charge in [-0.1, -0.05) is 18.5 Å². The van der Waals surface area contributed by atoms with Crippen LogP contribution in [0, 0.1) is 5.92 Å². The monoisotopic (exact) mass is 430 g/mol. The zero-order valence-electron chi connectivity index (χ0n) is 16.4. The number of pyridine rings is 1. The second-order valence-electron chi connectivity index (χ2n) is 7.50. The van der Waals surface area contributed by atoms with E-state index in [2.05, 4.69) is 16.8 Å². The fourth-order valence-corrected chi connectivity index (χ4v) is 5.48. The van der Waals surface area contributed by atoms with Crippen LogP contribution in [0.1, 0.15) is 19.8 Å². The van der Waals surface area contributed by atoms with Crippen molar-refractivity contribution in [3.05, 3.63) is 53.7 Å². The van der Waals surface area contributed by atoms with E-state index in [1.807, 2.05) is 18.2 Å². The maximum absolute atomic E-state index is 13.5. The highest BCUT2D eigenvalue weighted by Gasteiger charge is 2.29. The normalized spacial score (nSPS) is 17.5. The van der Waals surface area contributed by atoms with E-state index in [1.54, 1.807) is 19.2 Å². The van der Waals surface area contributed by atoms with Gasteiger partial charge in [0.15, 0.2) is 0 Å². The summed E-state index contributed by atoms with van der Waals surface area (Å²) < 4.78 is 32.5. The molecule has 2 heterocycles. The standard InChI is InChI=1S/C22H23ClN2O3S/c1-15-4-3-11-25(14-15)22-19-12-17(28-2)7-10-20(19)24-13-21(22)29(26,27)18-8-5-16(23)6-9-18/h5-10,12-13,15H,3-4,11,14H2,1-2H3/t15-/m0/s1. The number of hydrogen-bond acceptors (Lipinski definition) is 5. The lowest BCUT2D eigenvalue weighted by atomic mass is 9.99. The molecule has 2 aromatic carbocycles. The number of halogens is 1. The molecule has 3 aromatic rings. The third-order valence-corrected chi connectivity index (χ3v) is 7.42. The molecule has 0 unspecified atom stereocenters. The molecule has 0 N–H and O–H groups in total. The van der Waals surface area contributed by atoms with E-state index in [-0.39, 0.29) is 9.79 Å². The highest BCUT2D eigenvalue weighted by molar-refractivity contribution is 7.91. The van der Waals surface area contributed by atoms with Crippen LogP contribution in [0.25, 0.3) is 10.9 Å². The van der Waals surface area contributed by atoms with Crippen molar-refractivity contribution in [1.82, 2.24) is 4.98 Å². The van der Waals surface area contributed by atoms with E-state index in [4.69, 9.17) is 16.3 Å². The average Bonchev–Trinajstić information content (AvgIpc) is 2.72. The van der Waals surface area contributed by atoms with Crippen LogP contribution in [0.3, 0.4) is 0 Å². The third-order valence-electron chi connectivity index (χ3n) is 5.40. The molecular weight excluding hydrogens is 408 g/mol. The molecule has 5 nitrogen and oxygen atoms in total. The number of benzene rings is 2. The van der Waals surface area contributed by atoms with E-state index in [0.717, 1.165) is 36.8 Å². The second-order valence-corrected chi connectivity index (χ2v) is 9.86. The minimum Gasteiger partial charge on any atom is -0.497 e. The summed E-state index contributed by atoms with van der Waals surface area (Å²) in [7, 11) is -2.17. The van der Waals surface area contributed by atoms with Crippen LogP contribution < -0.4 is 9.64 Å². The lowest BCUT2D eigenvalue weighted by molar-refractivity contribution is 0.415. The molecule has 1 fully saturated rings. The van der Waals surface area contributed by atoms with Gasteiger partial charge in [0.25, 0.3) is 0 Å². The van der Waals surface area contributed by atoms with E-state index >= 15 is 0 Å². The lowest BCUT2D eigenvalue weighted by Gasteiger charge is -2.34. The molecule has 0 amide bonds. The minimum atomic E-state index is -3.77. The predicted molar refractivity (Wildman–Crippen MR) is 116 cm³/mol. The molecule has 0 saturated carbocycles. The van der Waals surface area contributed by atoms with E-state index in [0.29, 0.717) is 22.4 Å². The Balaban J connectivity index is 1.97. The van der Waals surface area contributed by atoms with Crippen LogP contribution in [-0.4, -0.2) is 33.6 Å². The maximum atomic E-state index is 13.5. The molecular formula is C22H23ClN2O3S. The van der Waals surface area contributed by atoms with Crippen LogP contribution in [0.2, 0.25) is 5.02 Å².